The first-order valence-corrected chi connectivity index (χ1v) is 9.23. The van der Waals surface area contributed by atoms with Crippen LogP contribution in [0.25, 0.3) is 6.08 Å². The van der Waals surface area contributed by atoms with Crippen LogP contribution in [0, 0.1) is 11.8 Å². The molecule has 0 radical (unpaired) electrons. The van der Waals surface area contributed by atoms with Gasteiger partial charge in [0.1, 0.15) is 5.78 Å². The molecule has 0 aliphatic heterocycles. The topological polar surface area (TPSA) is 91.7 Å². The molecule has 2 rings (SSSR count). The summed E-state index contributed by atoms with van der Waals surface area (Å²) in [6.45, 7) is 0. The summed E-state index contributed by atoms with van der Waals surface area (Å²) in [7, 11) is 0. The lowest BCUT2D eigenvalue weighted by molar-refractivity contribution is -0.137. The molecule has 1 saturated carbocycles. The lowest BCUT2D eigenvalue weighted by Crippen LogP contribution is -2.13. The molecule has 0 amide bonds. The van der Waals surface area contributed by atoms with Crippen molar-refractivity contribution in [2.24, 2.45) is 11.8 Å². The van der Waals surface area contributed by atoms with Gasteiger partial charge >= 0.3 is 11.9 Å². The van der Waals surface area contributed by atoms with Gasteiger partial charge < -0.3 is 10.2 Å². The Bertz CT molecular complexity index is 659. The predicted octanol–water partition coefficient (Wildman–Crippen LogP) is 4.42. The van der Waals surface area contributed by atoms with Crippen molar-refractivity contribution in [3.8, 4) is 0 Å². The van der Waals surface area contributed by atoms with Crippen molar-refractivity contribution >= 4 is 23.8 Å². The van der Waals surface area contributed by atoms with Crippen molar-refractivity contribution in [2.75, 3.05) is 0 Å². The van der Waals surface area contributed by atoms with Crippen molar-refractivity contribution in [1.82, 2.24) is 0 Å². The third kappa shape index (κ3) is 6.14. The second-order valence-corrected chi connectivity index (χ2v) is 6.91. The number of carboxylic acid groups (broad SMARTS) is 2. The number of rotatable bonds is 10. The van der Waals surface area contributed by atoms with Crippen molar-refractivity contribution < 1.29 is 24.6 Å². The van der Waals surface area contributed by atoms with Crippen molar-refractivity contribution in [3.05, 3.63) is 41.5 Å². The maximum Gasteiger partial charge on any atom is 0.335 e. The monoisotopic (exact) mass is 358 g/mol. The van der Waals surface area contributed by atoms with Gasteiger partial charge in [-0.05, 0) is 42.9 Å². The second-order valence-electron chi connectivity index (χ2n) is 6.91. The Labute approximate surface area is 153 Å². The fraction of sp³-hybridized carbons (Fsp3) is 0.476. The van der Waals surface area contributed by atoms with Gasteiger partial charge in [0.15, 0.2) is 0 Å². The minimum Gasteiger partial charge on any atom is -0.481 e. The molecule has 2 atom stereocenters. The molecular formula is C21H26O5. The zero-order valence-corrected chi connectivity index (χ0v) is 14.9. The SMILES string of the molecule is O=C(O)CCCCCCC1C(=O)CCC1/C=C/c1ccc(C(=O)O)cc1. The molecule has 5 nitrogen and oxygen atoms in total. The van der Waals surface area contributed by atoms with Crippen LogP contribution in [0.4, 0.5) is 0 Å². The van der Waals surface area contributed by atoms with Gasteiger partial charge in [-0.2, -0.15) is 0 Å². The van der Waals surface area contributed by atoms with Gasteiger partial charge in [0, 0.05) is 18.8 Å². The van der Waals surface area contributed by atoms with Crippen LogP contribution in [0.1, 0.15) is 67.3 Å². The fourth-order valence-corrected chi connectivity index (χ4v) is 3.51. The normalized spacial score (nSPS) is 19.9. The molecular weight excluding hydrogens is 332 g/mol. The molecule has 0 saturated heterocycles. The van der Waals surface area contributed by atoms with Gasteiger partial charge in [-0.3, -0.25) is 9.59 Å². The molecule has 2 unspecified atom stereocenters. The number of ketones is 1. The zero-order chi connectivity index (χ0) is 18.9. The summed E-state index contributed by atoms with van der Waals surface area (Å²) >= 11 is 0. The predicted molar refractivity (Wildman–Crippen MR) is 99.0 cm³/mol. The van der Waals surface area contributed by atoms with Crippen molar-refractivity contribution in [3.63, 3.8) is 0 Å². The molecule has 1 fully saturated rings. The third-order valence-electron chi connectivity index (χ3n) is 5.00. The Morgan fingerprint density at radius 2 is 1.73 bits per heavy atom. The van der Waals surface area contributed by atoms with Crippen LogP contribution in [0.15, 0.2) is 30.3 Å². The quantitative estimate of drug-likeness (QED) is 0.604. The summed E-state index contributed by atoms with van der Waals surface area (Å²) in [4.78, 5) is 33.5. The highest BCUT2D eigenvalue weighted by Crippen LogP contribution is 2.34. The first kappa shape index (κ1) is 19.9. The first-order chi connectivity index (χ1) is 12.5. The molecule has 0 heterocycles. The Morgan fingerprint density at radius 1 is 1.04 bits per heavy atom. The van der Waals surface area contributed by atoms with Gasteiger partial charge in [0.2, 0.25) is 0 Å². The van der Waals surface area contributed by atoms with E-state index in [9.17, 15) is 14.4 Å². The molecule has 0 bridgehead atoms. The largest absolute Gasteiger partial charge is 0.481 e. The van der Waals surface area contributed by atoms with Crippen LogP contribution in [-0.2, 0) is 9.59 Å². The molecule has 1 aromatic rings. The van der Waals surface area contributed by atoms with Crippen LogP contribution < -0.4 is 0 Å². The Morgan fingerprint density at radius 3 is 2.38 bits per heavy atom. The summed E-state index contributed by atoms with van der Waals surface area (Å²) in [5.41, 5.74) is 1.20. The van der Waals surface area contributed by atoms with Gasteiger partial charge in [0.05, 0.1) is 5.56 Å². The number of Topliss-reactive ketones (excluding diaryl/α,β-unsaturated/α-hetero) is 1. The van der Waals surface area contributed by atoms with Crippen LogP contribution >= 0.6 is 0 Å². The molecule has 26 heavy (non-hydrogen) atoms. The number of hydrogen-bond donors (Lipinski definition) is 2. The number of carbonyl (C=O) groups is 3. The maximum atomic E-state index is 12.1. The number of benzene rings is 1. The minimum atomic E-state index is -0.940. The second kappa shape index (κ2) is 9.90. The zero-order valence-electron chi connectivity index (χ0n) is 14.9. The van der Waals surface area contributed by atoms with E-state index in [4.69, 9.17) is 10.2 Å². The Kier molecular flexibility index (Phi) is 7.57. The van der Waals surface area contributed by atoms with Gasteiger partial charge in [-0.25, -0.2) is 4.79 Å². The number of carbonyl (C=O) groups excluding carboxylic acids is 1. The van der Waals surface area contributed by atoms with E-state index in [1.165, 1.54) is 0 Å². The molecule has 5 heteroatoms. The van der Waals surface area contributed by atoms with Crippen LogP contribution in [0.5, 0.6) is 0 Å². The van der Waals surface area contributed by atoms with Crippen molar-refractivity contribution in [2.45, 2.75) is 51.4 Å². The van der Waals surface area contributed by atoms with E-state index < -0.39 is 11.9 Å². The number of aliphatic carboxylic acids is 1. The summed E-state index contributed by atoms with van der Waals surface area (Å²) in [5, 5.41) is 17.5. The number of hydrogen-bond acceptors (Lipinski definition) is 3. The highest BCUT2D eigenvalue weighted by Gasteiger charge is 2.32. The lowest BCUT2D eigenvalue weighted by Gasteiger charge is -2.14. The van der Waals surface area contributed by atoms with Gasteiger partial charge in [-0.1, -0.05) is 43.5 Å². The number of allylic oxidation sites excluding steroid dienone is 1. The molecule has 0 spiro atoms. The molecule has 1 aliphatic rings. The first-order valence-electron chi connectivity index (χ1n) is 9.23. The van der Waals surface area contributed by atoms with E-state index >= 15 is 0 Å². The van der Waals surface area contributed by atoms with E-state index in [1.54, 1.807) is 24.3 Å². The Hall–Kier alpha value is -2.43. The Balaban J connectivity index is 1.82. The number of aromatic carboxylic acids is 1. The summed E-state index contributed by atoms with van der Waals surface area (Å²) in [5.74, 6) is -1.07. The van der Waals surface area contributed by atoms with Gasteiger partial charge in [0.25, 0.3) is 0 Å². The summed E-state index contributed by atoms with van der Waals surface area (Å²) in [6, 6.07) is 6.70. The molecule has 0 aromatic heterocycles. The average molecular weight is 358 g/mol. The number of unbranched alkanes of at least 4 members (excludes halogenated alkanes) is 3. The van der Waals surface area contributed by atoms with Crippen LogP contribution in [-0.4, -0.2) is 27.9 Å². The smallest absolute Gasteiger partial charge is 0.335 e. The summed E-state index contributed by atoms with van der Waals surface area (Å²) in [6.07, 6.45) is 10.1. The molecule has 140 valence electrons. The maximum absolute atomic E-state index is 12.1. The number of carboxylic acids is 2. The van der Waals surface area contributed by atoms with Crippen LogP contribution in [0.2, 0.25) is 0 Å². The third-order valence-corrected chi connectivity index (χ3v) is 5.00. The van der Waals surface area contributed by atoms with Gasteiger partial charge in [-0.15, -0.1) is 0 Å². The molecule has 1 aliphatic carbocycles. The van der Waals surface area contributed by atoms with Crippen molar-refractivity contribution in [1.29, 1.82) is 0 Å². The lowest BCUT2D eigenvalue weighted by atomic mass is 9.89. The van der Waals surface area contributed by atoms with E-state index in [1.807, 2.05) is 6.08 Å². The van der Waals surface area contributed by atoms with E-state index in [0.29, 0.717) is 18.6 Å². The summed E-state index contributed by atoms with van der Waals surface area (Å²) < 4.78 is 0. The average Bonchev–Trinajstić information content (AvgIpc) is 2.96. The fourth-order valence-electron chi connectivity index (χ4n) is 3.51. The minimum absolute atomic E-state index is 0.0593. The molecule has 1 aromatic carbocycles. The molecule has 2 N–H and O–H groups in total. The van der Waals surface area contributed by atoms with E-state index in [2.05, 4.69) is 6.08 Å². The van der Waals surface area contributed by atoms with E-state index in [-0.39, 0.29) is 23.8 Å². The highest BCUT2D eigenvalue weighted by atomic mass is 16.4. The standard InChI is InChI=1S/C21H26O5/c22-19-14-13-16(18(19)5-3-1-2-4-6-20(23)24)10-7-15-8-11-17(12-9-15)21(25)26/h7-12,16,18H,1-6,13-14H2,(H,23,24)(H,25,26)/b10-7+. The van der Waals surface area contributed by atoms with E-state index in [0.717, 1.165) is 37.7 Å². The van der Waals surface area contributed by atoms with Crippen LogP contribution in [0.3, 0.4) is 0 Å². The highest BCUT2D eigenvalue weighted by molar-refractivity contribution is 5.87.